The van der Waals surface area contributed by atoms with E-state index in [1.54, 1.807) is 78.9 Å². The molecular weight excluding hydrogens is 619 g/mol. The molecule has 2 amide bonds. The highest BCUT2D eigenvalue weighted by Crippen LogP contribution is 2.27. The smallest absolute Gasteiger partial charge is 0.272 e. The number of nitrogens with one attached hydrogen (secondary N) is 2. The molecule has 0 saturated heterocycles. The van der Waals surface area contributed by atoms with Gasteiger partial charge in [0.2, 0.25) is 0 Å². The van der Waals surface area contributed by atoms with E-state index in [0.717, 1.165) is 16.9 Å². The zero-order valence-electron chi connectivity index (χ0n) is 24.5. The summed E-state index contributed by atoms with van der Waals surface area (Å²) >= 11 is 12.7. The summed E-state index contributed by atoms with van der Waals surface area (Å²) in [5.74, 6) is -0.549. The van der Waals surface area contributed by atoms with E-state index >= 15 is 0 Å². The number of ether oxygens (including phenoxy) is 1. The standard InChI is InChI=1S/C38H28Cl2N2O4/c39-33-12-7-13-34(40)32(33)24-35(42-37(44)29-10-5-2-6-11-29)38(45)41-30-19-17-28(18-20-30)36(43)23-16-26-14-21-31(22-15-26)46-25-27-8-3-1-4-9-27/h1-24H,25H2,(H,41,45)(H,42,44)/b23-16+,35-24-. The lowest BCUT2D eigenvalue weighted by molar-refractivity contribution is -0.113. The molecule has 0 fully saturated rings. The van der Waals surface area contributed by atoms with Crippen molar-refractivity contribution in [2.45, 2.75) is 6.61 Å². The van der Waals surface area contributed by atoms with Gasteiger partial charge in [0, 0.05) is 32.4 Å². The second-order valence-corrected chi connectivity index (χ2v) is 10.9. The zero-order chi connectivity index (χ0) is 32.3. The van der Waals surface area contributed by atoms with Crippen LogP contribution in [0, 0.1) is 0 Å². The Morgan fingerprint density at radius 2 is 1.30 bits per heavy atom. The van der Waals surface area contributed by atoms with Crippen molar-refractivity contribution in [3.63, 3.8) is 0 Å². The first kappa shape index (κ1) is 32.0. The third-order valence-electron chi connectivity index (χ3n) is 6.80. The summed E-state index contributed by atoms with van der Waals surface area (Å²) in [6, 6.07) is 37.3. The summed E-state index contributed by atoms with van der Waals surface area (Å²) in [6.45, 7) is 0.473. The van der Waals surface area contributed by atoms with E-state index in [4.69, 9.17) is 27.9 Å². The lowest BCUT2D eigenvalue weighted by Crippen LogP contribution is -2.30. The summed E-state index contributed by atoms with van der Waals surface area (Å²) in [5.41, 5.74) is 3.47. The molecule has 0 aliphatic heterocycles. The fourth-order valence-electron chi connectivity index (χ4n) is 4.34. The van der Waals surface area contributed by atoms with Gasteiger partial charge < -0.3 is 15.4 Å². The first-order valence-electron chi connectivity index (χ1n) is 14.3. The van der Waals surface area contributed by atoms with Crippen molar-refractivity contribution in [2.24, 2.45) is 0 Å². The van der Waals surface area contributed by atoms with Gasteiger partial charge in [0.15, 0.2) is 5.78 Å². The number of carbonyl (C=O) groups is 3. The fourth-order valence-corrected chi connectivity index (χ4v) is 4.84. The molecule has 0 saturated carbocycles. The van der Waals surface area contributed by atoms with Gasteiger partial charge in [-0.3, -0.25) is 14.4 Å². The van der Waals surface area contributed by atoms with Crippen molar-refractivity contribution in [2.75, 3.05) is 5.32 Å². The van der Waals surface area contributed by atoms with Crippen molar-refractivity contribution in [1.29, 1.82) is 0 Å². The number of carbonyl (C=O) groups excluding carboxylic acids is 3. The monoisotopic (exact) mass is 646 g/mol. The lowest BCUT2D eigenvalue weighted by Gasteiger charge is -2.12. The molecule has 5 rings (SSSR count). The van der Waals surface area contributed by atoms with Crippen LogP contribution < -0.4 is 15.4 Å². The van der Waals surface area contributed by atoms with E-state index in [1.807, 2.05) is 54.6 Å². The van der Waals surface area contributed by atoms with Gasteiger partial charge in [0.05, 0.1) is 0 Å². The minimum atomic E-state index is -0.601. The molecule has 0 spiro atoms. The number of amides is 2. The van der Waals surface area contributed by atoms with Crippen LogP contribution in [0.5, 0.6) is 5.75 Å². The van der Waals surface area contributed by atoms with Crippen LogP contribution in [-0.4, -0.2) is 17.6 Å². The maximum Gasteiger partial charge on any atom is 0.272 e. The summed E-state index contributed by atoms with van der Waals surface area (Å²) in [7, 11) is 0. The van der Waals surface area contributed by atoms with Gasteiger partial charge in [-0.25, -0.2) is 0 Å². The maximum atomic E-state index is 13.4. The van der Waals surface area contributed by atoms with Crippen molar-refractivity contribution >= 4 is 58.6 Å². The van der Waals surface area contributed by atoms with Gasteiger partial charge in [-0.1, -0.05) is 96.0 Å². The van der Waals surface area contributed by atoms with Crippen LogP contribution >= 0.6 is 23.2 Å². The minimum Gasteiger partial charge on any atom is -0.489 e. The van der Waals surface area contributed by atoms with Gasteiger partial charge in [0.25, 0.3) is 11.8 Å². The predicted octanol–water partition coefficient (Wildman–Crippen LogP) is 8.88. The predicted molar refractivity (Wildman–Crippen MR) is 184 cm³/mol. The van der Waals surface area contributed by atoms with Crippen LogP contribution in [0.25, 0.3) is 12.2 Å². The molecule has 0 unspecified atom stereocenters. The SMILES string of the molecule is O=C(Nc1ccc(C(=O)/C=C/c2ccc(OCc3ccccc3)cc2)cc1)/C(=C/c1c(Cl)cccc1Cl)NC(=O)c1ccccc1. The molecule has 0 atom stereocenters. The van der Waals surface area contributed by atoms with E-state index in [0.29, 0.717) is 39.0 Å². The first-order valence-corrected chi connectivity index (χ1v) is 15.0. The highest BCUT2D eigenvalue weighted by Gasteiger charge is 2.17. The Morgan fingerprint density at radius 1 is 0.674 bits per heavy atom. The molecule has 0 aliphatic carbocycles. The molecule has 0 heterocycles. The number of hydrogen-bond acceptors (Lipinski definition) is 4. The third-order valence-corrected chi connectivity index (χ3v) is 7.46. The second-order valence-electron chi connectivity index (χ2n) is 10.1. The molecule has 0 aromatic heterocycles. The van der Waals surface area contributed by atoms with Gasteiger partial charge in [-0.05, 0) is 83.9 Å². The quantitative estimate of drug-likeness (QED) is 0.111. The lowest BCUT2D eigenvalue weighted by atomic mass is 10.1. The van der Waals surface area contributed by atoms with Crippen molar-refractivity contribution in [3.05, 3.63) is 177 Å². The number of hydrogen-bond donors (Lipinski definition) is 2. The fraction of sp³-hybridized carbons (Fsp3) is 0.0263. The van der Waals surface area contributed by atoms with Crippen LogP contribution in [0.2, 0.25) is 10.0 Å². The second kappa shape index (κ2) is 15.5. The number of anilines is 1. The van der Waals surface area contributed by atoms with Gasteiger partial charge in [-0.2, -0.15) is 0 Å². The Morgan fingerprint density at radius 3 is 1.96 bits per heavy atom. The van der Waals surface area contributed by atoms with E-state index in [-0.39, 0.29) is 11.5 Å². The Bertz CT molecular complexity index is 1870. The Labute approximate surface area is 277 Å². The van der Waals surface area contributed by atoms with E-state index in [9.17, 15) is 14.4 Å². The summed E-state index contributed by atoms with van der Waals surface area (Å²) in [6.07, 6.45) is 4.64. The minimum absolute atomic E-state index is 0.0663. The highest BCUT2D eigenvalue weighted by atomic mass is 35.5. The van der Waals surface area contributed by atoms with Gasteiger partial charge >= 0.3 is 0 Å². The van der Waals surface area contributed by atoms with E-state index < -0.39 is 11.8 Å². The van der Waals surface area contributed by atoms with Crippen molar-refractivity contribution in [1.82, 2.24) is 5.32 Å². The molecule has 2 N–H and O–H groups in total. The number of rotatable bonds is 11. The van der Waals surface area contributed by atoms with Crippen LogP contribution in [0.15, 0.2) is 139 Å². The Hall–Kier alpha value is -5.43. The van der Waals surface area contributed by atoms with E-state index in [2.05, 4.69) is 10.6 Å². The number of allylic oxidation sites excluding steroid dienone is 1. The highest BCUT2D eigenvalue weighted by molar-refractivity contribution is 6.37. The van der Waals surface area contributed by atoms with Crippen LogP contribution in [0.3, 0.4) is 0 Å². The summed E-state index contributed by atoms with van der Waals surface area (Å²) in [5, 5.41) is 6.05. The van der Waals surface area contributed by atoms with Gasteiger partial charge in [-0.15, -0.1) is 0 Å². The van der Waals surface area contributed by atoms with Crippen molar-refractivity contribution < 1.29 is 19.1 Å². The first-order chi connectivity index (χ1) is 22.4. The molecule has 0 aliphatic rings. The average Bonchev–Trinajstić information content (AvgIpc) is 3.09. The largest absolute Gasteiger partial charge is 0.489 e. The molecule has 0 bridgehead atoms. The number of ketones is 1. The molecule has 5 aromatic rings. The summed E-state index contributed by atoms with van der Waals surface area (Å²) < 4.78 is 5.82. The normalized spacial score (nSPS) is 11.2. The van der Waals surface area contributed by atoms with Gasteiger partial charge in [0.1, 0.15) is 18.1 Å². The molecule has 5 aromatic carbocycles. The molecular formula is C38H28Cl2N2O4. The molecule has 46 heavy (non-hydrogen) atoms. The molecule has 228 valence electrons. The molecule has 6 nitrogen and oxygen atoms in total. The van der Waals surface area contributed by atoms with Crippen LogP contribution in [0.1, 0.15) is 37.4 Å². The number of halogens is 2. The van der Waals surface area contributed by atoms with Crippen LogP contribution in [0.4, 0.5) is 5.69 Å². The van der Waals surface area contributed by atoms with Crippen molar-refractivity contribution in [3.8, 4) is 5.75 Å². The average molecular weight is 648 g/mol. The number of benzene rings is 5. The molecule has 0 radical (unpaired) electrons. The maximum absolute atomic E-state index is 13.4. The third kappa shape index (κ3) is 8.82. The zero-order valence-corrected chi connectivity index (χ0v) is 26.0. The molecule has 8 heteroatoms. The van der Waals surface area contributed by atoms with Crippen LogP contribution in [-0.2, 0) is 11.4 Å². The Kier molecular flexibility index (Phi) is 10.8. The Balaban J connectivity index is 1.23. The topological polar surface area (TPSA) is 84.5 Å². The van der Waals surface area contributed by atoms with E-state index in [1.165, 1.54) is 12.2 Å². The summed E-state index contributed by atoms with van der Waals surface area (Å²) in [4.78, 5) is 39.1.